The van der Waals surface area contributed by atoms with E-state index in [4.69, 9.17) is 4.74 Å². The van der Waals surface area contributed by atoms with E-state index in [2.05, 4.69) is 5.43 Å². The minimum Gasteiger partial charge on any atom is -0.508 e. The first-order valence-corrected chi connectivity index (χ1v) is 14.4. The number of allylic oxidation sites excluding steroid dienone is 2. The van der Waals surface area contributed by atoms with Gasteiger partial charge in [0.15, 0.2) is 0 Å². The third-order valence-corrected chi connectivity index (χ3v) is 9.39. The number of phenols is 1. The predicted octanol–water partition coefficient (Wildman–Crippen LogP) is 2.99. The van der Waals surface area contributed by atoms with Gasteiger partial charge in [0, 0.05) is 18.5 Å². The molecule has 1 aliphatic carbocycles. The van der Waals surface area contributed by atoms with Gasteiger partial charge in [-0.15, -0.1) is 0 Å². The summed E-state index contributed by atoms with van der Waals surface area (Å²) in [5, 5.41) is 12.5. The fourth-order valence-electron chi connectivity index (χ4n) is 7.35. The molecule has 1 saturated carbocycles. The second kappa shape index (κ2) is 9.87. The lowest BCUT2D eigenvalue weighted by atomic mass is 9.53. The number of hydrogen-bond donors (Lipinski definition) is 2. The van der Waals surface area contributed by atoms with E-state index in [1.807, 2.05) is 55.5 Å². The number of hydrazine groups is 1. The molecule has 1 saturated heterocycles. The molecule has 3 aromatic carbocycles. The van der Waals surface area contributed by atoms with Crippen molar-refractivity contribution >= 4 is 17.5 Å². The molecule has 0 radical (unpaired) electrons. The van der Waals surface area contributed by atoms with Gasteiger partial charge in [-0.1, -0.05) is 54.1 Å². The Kier molecular flexibility index (Phi) is 6.17. The van der Waals surface area contributed by atoms with Crippen LogP contribution >= 0.6 is 0 Å². The third-order valence-electron chi connectivity index (χ3n) is 9.39. The highest BCUT2D eigenvalue weighted by molar-refractivity contribution is 6.12. The molecule has 4 atom stereocenters. The van der Waals surface area contributed by atoms with Crippen molar-refractivity contribution < 1.29 is 19.4 Å². The van der Waals surface area contributed by atoms with Crippen LogP contribution in [0.1, 0.15) is 35.1 Å². The number of aromatic hydroxyl groups is 1. The number of imide groups is 1. The Bertz CT molecular complexity index is 1970. The average molecular weight is 594 g/mol. The molecule has 11 nitrogen and oxygen atoms in total. The van der Waals surface area contributed by atoms with Crippen LogP contribution < -0.4 is 21.5 Å². The van der Waals surface area contributed by atoms with Gasteiger partial charge in [0.05, 0.1) is 36.7 Å². The molecule has 7 rings (SSSR count). The van der Waals surface area contributed by atoms with Gasteiger partial charge >= 0.3 is 11.4 Å². The first-order chi connectivity index (χ1) is 21.2. The molecule has 2 fully saturated rings. The highest BCUT2D eigenvalue weighted by Gasteiger charge is 2.69. The molecule has 4 aromatic rings. The average Bonchev–Trinajstić information content (AvgIpc) is 3.39. The van der Waals surface area contributed by atoms with Crippen molar-refractivity contribution in [3.8, 4) is 11.5 Å². The van der Waals surface area contributed by atoms with Gasteiger partial charge in [-0.2, -0.15) is 5.01 Å². The first kappa shape index (κ1) is 27.5. The van der Waals surface area contributed by atoms with E-state index in [1.54, 1.807) is 24.3 Å². The number of nitrogens with zero attached hydrogens (tertiary/aromatic N) is 4. The fraction of sp³-hybridized carbons (Fsp3) is 0.273. The second-order valence-corrected chi connectivity index (χ2v) is 11.6. The lowest BCUT2D eigenvalue weighted by molar-refractivity contribution is -0.138. The molecule has 224 valence electrons. The second-order valence-electron chi connectivity index (χ2n) is 11.6. The van der Waals surface area contributed by atoms with Crippen LogP contribution in [0.4, 0.5) is 5.69 Å². The number of amides is 2. The monoisotopic (exact) mass is 593 g/mol. The summed E-state index contributed by atoms with van der Waals surface area (Å²) in [7, 11) is 2.93. The van der Waals surface area contributed by atoms with Crippen molar-refractivity contribution in [3.05, 3.63) is 122 Å². The number of benzene rings is 3. The van der Waals surface area contributed by atoms with Crippen LogP contribution in [0.3, 0.4) is 0 Å². The number of aryl methyl sites for hydroxylation is 1. The molecular weight excluding hydrogens is 562 g/mol. The van der Waals surface area contributed by atoms with E-state index in [0.717, 1.165) is 15.1 Å². The number of nitrogens with one attached hydrogen (secondary N) is 1. The van der Waals surface area contributed by atoms with Crippen molar-refractivity contribution in [2.24, 2.45) is 13.0 Å². The van der Waals surface area contributed by atoms with Gasteiger partial charge in [-0.05, 0) is 54.8 Å². The highest BCUT2D eigenvalue weighted by atomic mass is 16.5. The maximum absolute atomic E-state index is 15.0. The molecule has 3 heterocycles. The number of aromatic nitrogens is 3. The van der Waals surface area contributed by atoms with E-state index < -0.39 is 46.5 Å². The first-order valence-electron chi connectivity index (χ1n) is 14.4. The smallest absolute Gasteiger partial charge is 0.347 e. The minimum atomic E-state index is -1.50. The number of carbonyl (C=O) groups excluding carboxylic acids is 2. The number of anilines is 1. The van der Waals surface area contributed by atoms with E-state index in [0.29, 0.717) is 28.1 Å². The summed E-state index contributed by atoms with van der Waals surface area (Å²) < 4.78 is 9.32. The zero-order valence-electron chi connectivity index (χ0n) is 24.4. The van der Waals surface area contributed by atoms with E-state index in [9.17, 15) is 19.5 Å². The van der Waals surface area contributed by atoms with Gasteiger partial charge in [0.1, 0.15) is 11.5 Å². The SMILES string of the molecule is COc1ccc(O)c(C2C3=CCn4c(=O)n(C)c(=O)n4C3CC3C(=O)N(Nc4ccc(C)cc4)C(=O)C32c2ccccc2)c1. The zero-order valence-corrected chi connectivity index (χ0v) is 24.4. The summed E-state index contributed by atoms with van der Waals surface area (Å²) in [5.41, 5.74) is 3.80. The third kappa shape index (κ3) is 3.68. The molecule has 3 aliphatic rings. The van der Waals surface area contributed by atoms with Gasteiger partial charge < -0.3 is 9.84 Å². The normalized spacial score (nSPS) is 23.9. The van der Waals surface area contributed by atoms with Crippen molar-refractivity contribution in [2.45, 2.75) is 37.3 Å². The molecule has 2 N–H and O–H groups in total. The van der Waals surface area contributed by atoms with Crippen LogP contribution in [0.2, 0.25) is 0 Å². The summed E-state index contributed by atoms with van der Waals surface area (Å²) in [5.74, 6) is -2.41. The molecule has 4 unspecified atom stereocenters. The van der Waals surface area contributed by atoms with Gasteiger partial charge in [0.25, 0.3) is 11.8 Å². The Morgan fingerprint density at radius 1 is 0.955 bits per heavy atom. The van der Waals surface area contributed by atoms with E-state index >= 15 is 4.79 Å². The summed E-state index contributed by atoms with van der Waals surface area (Å²) in [6.07, 6.45) is 1.94. The van der Waals surface area contributed by atoms with Crippen molar-refractivity contribution in [3.63, 3.8) is 0 Å². The largest absolute Gasteiger partial charge is 0.508 e. The molecule has 2 amide bonds. The molecule has 44 heavy (non-hydrogen) atoms. The maximum Gasteiger partial charge on any atom is 0.347 e. The Morgan fingerprint density at radius 3 is 2.39 bits per heavy atom. The van der Waals surface area contributed by atoms with Gasteiger partial charge in [-0.25, -0.2) is 23.5 Å². The van der Waals surface area contributed by atoms with Crippen LogP contribution in [0, 0.1) is 12.8 Å². The topological polar surface area (TPSA) is 128 Å². The zero-order chi connectivity index (χ0) is 30.9. The van der Waals surface area contributed by atoms with E-state index in [-0.39, 0.29) is 18.7 Å². The quantitative estimate of drug-likeness (QED) is 0.269. The number of hydrogen-bond acceptors (Lipinski definition) is 7. The van der Waals surface area contributed by atoms with Crippen molar-refractivity contribution in [1.82, 2.24) is 18.9 Å². The lowest BCUT2D eigenvalue weighted by Gasteiger charge is -2.49. The maximum atomic E-state index is 15.0. The Labute approximate surface area is 252 Å². The molecule has 1 aromatic heterocycles. The molecule has 2 aliphatic heterocycles. The number of fused-ring (bicyclic) bond motifs is 4. The standard InChI is InChI=1S/C33H31N5O6/c1-19-9-11-21(12-10-19)34-37-29(40)25-18-26-23(15-16-36-31(42)35(2)32(43)38(26)36)28(24-17-22(44-3)13-14-27(24)39)33(25,30(37)41)20-7-5-4-6-8-20/h4-15,17,25-26,28,34,39H,16,18H2,1-3H3. The summed E-state index contributed by atoms with van der Waals surface area (Å²) in [6.45, 7) is 2.03. The van der Waals surface area contributed by atoms with Crippen molar-refractivity contribution in [2.75, 3.05) is 12.5 Å². The molecular formula is C33H31N5O6. The number of phenolic OH excluding ortho intramolecular Hbond substituents is 1. The fourth-order valence-corrected chi connectivity index (χ4v) is 7.35. The Balaban J connectivity index is 1.52. The minimum absolute atomic E-state index is 0.0834. The van der Waals surface area contributed by atoms with Crippen LogP contribution in [0.5, 0.6) is 11.5 Å². The van der Waals surface area contributed by atoms with Gasteiger partial charge in [-0.3, -0.25) is 15.0 Å². The van der Waals surface area contributed by atoms with Crippen LogP contribution in [0.25, 0.3) is 0 Å². The number of carbonyl (C=O) groups is 2. The summed E-state index contributed by atoms with van der Waals surface area (Å²) >= 11 is 0. The van der Waals surface area contributed by atoms with Crippen LogP contribution in [-0.4, -0.2) is 43.0 Å². The summed E-state index contributed by atoms with van der Waals surface area (Å²) in [4.78, 5) is 56.0. The molecule has 11 heteroatoms. The van der Waals surface area contributed by atoms with Crippen LogP contribution in [-0.2, 0) is 28.6 Å². The predicted molar refractivity (Wildman–Crippen MR) is 161 cm³/mol. The van der Waals surface area contributed by atoms with Crippen LogP contribution in [0.15, 0.2) is 94.0 Å². The van der Waals surface area contributed by atoms with E-state index in [1.165, 1.54) is 29.6 Å². The molecule has 0 bridgehead atoms. The van der Waals surface area contributed by atoms with Crippen molar-refractivity contribution in [1.29, 1.82) is 0 Å². The summed E-state index contributed by atoms with van der Waals surface area (Å²) in [6, 6.07) is 20.5. The number of rotatable bonds is 5. The van der Waals surface area contributed by atoms with Gasteiger partial charge in [0.2, 0.25) is 0 Å². The lowest BCUT2D eigenvalue weighted by Crippen LogP contribution is -2.53. The number of methoxy groups -OCH3 is 1. The highest BCUT2D eigenvalue weighted by Crippen LogP contribution is 2.62. The Hall–Kier alpha value is -5.32. The number of ether oxygens (including phenoxy) is 1. The Morgan fingerprint density at radius 2 is 1.68 bits per heavy atom. The molecule has 0 spiro atoms.